The average Bonchev–Trinajstić information content (AvgIpc) is 3.30. The van der Waals surface area contributed by atoms with Crippen molar-refractivity contribution in [3.63, 3.8) is 0 Å². The zero-order valence-electron chi connectivity index (χ0n) is 18.1. The van der Waals surface area contributed by atoms with Crippen LogP contribution in [0.4, 0.5) is 4.39 Å². The summed E-state index contributed by atoms with van der Waals surface area (Å²) >= 11 is 4.94. The van der Waals surface area contributed by atoms with E-state index < -0.39 is 8.60 Å². The number of para-hydroxylation sites is 1. The first-order chi connectivity index (χ1) is 15.2. The number of hydrogen-bond acceptors (Lipinski definition) is 7. The van der Waals surface area contributed by atoms with Crippen LogP contribution in [0.2, 0.25) is 0 Å². The molecule has 0 bridgehead atoms. The Morgan fingerprint density at radius 1 is 1.26 bits per heavy atom. The van der Waals surface area contributed by atoms with Crippen molar-refractivity contribution in [2.24, 2.45) is 0 Å². The summed E-state index contributed by atoms with van der Waals surface area (Å²) in [6.07, 6.45) is 2.78. The number of aromatic nitrogens is 2. The highest BCUT2D eigenvalue weighted by Gasteiger charge is 2.30. The van der Waals surface area contributed by atoms with Gasteiger partial charge in [-0.2, -0.15) is 0 Å². The van der Waals surface area contributed by atoms with Gasteiger partial charge in [-0.15, -0.1) is 0 Å². The van der Waals surface area contributed by atoms with Gasteiger partial charge in [0.25, 0.3) is 0 Å². The molecule has 1 aromatic heterocycles. The maximum absolute atomic E-state index is 11.9. The van der Waals surface area contributed by atoms with Crippen LogP contribution in [0.3, 0.4) is 0 Å². The lowest BCUT2D eigenvalue weighted by Crippen LogP contribution is -2.27. The van der Waals surface area contributed by atoms with Crippen LogP contribution in [0.25, 0.3) is 0 Å². The molecule has 8 nitrogen and oxygen atoms in total. The molecule has 3 unspecified atom stereocenters. The third-order valence-corrected chi connectivity index (χ3v) is 5.37. The molecule has 2 aliphatic heterocycles. The summed E-state index contributed by atoms with van der Waals surface area (Å²) in [5, 5.41) is 7.00. The summed E-state index contributed by atoms with van der Waals surface area (Å²) in [5.74, 6) is 0.802. The molecular formula is C20H30FN2O6PS. The lowest BCUT2D eigenvalue weighted by Gasteiger charge is -2.24. The Bertz CT molecular complexity index is 881. The number of nitrogens with zero attached hydrogens (tertiary/aromatic N) is 1. The first kappa shape index (κ1) is 27.4. The van der Waals surface area contributed by atoms with Crippen molar-refractivity contribution in [1.29, 1.82) is 0 Å². The predicted octanol–water partition coefficient (Wildman–Crippen LogP) is 4.66. The number of H-pyrrole nitrogens is 1. The summed E-state index contributed by atoms with van der Waals surface area (Å²) in [6.45, 7) is 4.84. The van der Waals surface area contributed by atoms with E-state index >= 15 is 0 Å². The molecule has 0 aliphatic carbocycles. The molecule has 1 aromatic carbocycles. The van der Waals surface area contributed by atoms with Crippen molar-refractivity contribution >= 4 is 20.8 Å². The Hall–Kier alpha value is -1.68. The molecule has 1 fully saturated rings. The fourth-order valence-electron chi connectivity index (χ4n) is 2.82. The van der Waals surface area contributed by atoms with Crippen molar-refractivity contribution < 1.29 is 27.8 Å². The largest absolute Gasteiger partial charge is 0.426 e. The number of aliphatic hydroxyl groups excluding tert-OH is 1. The van der Waals surface area contributed by atoms with E-state index in [-0.39, 0.29) is 18.0 Å². The van der Waals surface area contributed by atoms with E-state index in [0.717, 1.165) is 31.3 Å². The summed E-state index contributed by atoms with van der Waals surface area (Å²) < 4.78 is 34.4. The number of aromatic amines is 1. The Morgan fingerprint density at radius 2 is 1.97 bits per heavy atom. The van der Waals surface area contributed by atoms with E-state index in [1.165, 1.54) is 4.57 Å². The summed E-state index contributed by atoms with van der Waals surface area (Å²) in [4.78, 5) is 14.5. The highest BCUT2D eigenvalue weighted by molar-refractivity contribution is 7.71. The van der Waals surface area contributed by atoms with Crippen LogP contribution in [0.1, 0.15) is 38.5 Å². The van der Waals surface area contributed by atoms with Crippen molar-refractivity contribution in [3.8, 4) is 5.75 Å². The average molecular weight is 477 g/mol. The van der Waals surface area contributed by atoms with Gasteiger partial charge in [0.05, 0.1) is 26.5 Å². The van der Waals surface area contributed by atoms with Gasteiger partial charge in [0.2, 0.25) is 0 Å². The Morgan fingerprint density at radius 3 is 2.68 bits per heavy atom. The van der Waals surface area contributed by atoms with Crippen molar-refractivity contribution in [3.05, 3.63) is 57.2 Å². The standard InChI is InChI=1S/C16H17N2O5PS.C2H6.CH3F.CH4O/c19-16-17-14(25)7-8-18(16)15-6-5-12(22-15)10-21-24-20-9-11-3-1-2-4-13(11)23-24;3*1-2/h1-4,7-8,12,15H,5-6,9-10H2,(H,17,19,25);1-2H3;1H3;2H,1H3. The second-order valence-corrected chi connectivity index (χ2v) is 7.39. The van der Waals surface area contributed by atoms with Crippen LogP contribution < -0.4 is 10.2 Å². The lowest BCUT2D eigenvalue weighted by atomic mass is 10.2. The number of halogens is 1. The van der Waals surface area contributed by atoms with E-state index in [1.807, 2.05) is 38.1 Å². The molecular weight excluding hydrogens is 446 g/mol. The molecule has 2 N–H and O–H groups in total. The fourth-order valence-corrected chi connectivity index (χ4v) is 4.02. The molecule has 0 spiro atoms. The molecule has 2 aliphatic rings. The summed E-state index contributed by atoms with van der Waals surface area (Å²) in [7, 11) is 0.0780. The summed E-state index contributed by atoms with van der Waals surface area (Å²) in [6, 6.07) is 9.42. The van der Waals surface area contributed by atoms with Crippen molar-refractivity contribution in [1.82, 2.24) is 9.55 Å². The fraction of sp³-hybridized carbons (Fsp3) is 0.500. The number of benzene rings is 1. The molecule has 31 heavy (non-hydrogen) atoms. The molecule has 1 saturated heterocycles. The Kier molecular flexibility index (Phi) is 13.4. The highest BCUT2D eigenvalue weighted by Crippen LogP contribution is 2.47. The van der Waals surface area contributed by atoms with Gasteiger partial charge in [-0.25, -0.2) is 4.79 Å². The Balaban J connectivity index is 0.000000739. The van der Waals surface area contributed by atoms with Gasteiger partial charge in [-0.05, 0) is 25.0 Å². The van der Waals surface area contributed by atoms with E-state index in [4.69, 9.17) is 35.6 Å². The quantitative estimate of drug-likeness (QED) is 0.490. The van der Waals surface area contributed by atoms with Crippen LogP contribution in [0.15, 0.2) is 41.3 Å². The molecule has 0 saturated carbocycles. The zero-order valence-corrected chi connectivity index (χ0v) is 19.8. The second-order valence-electron chi connectivity index (χ2n) is 5.80. The number of hydrogen-bond donors (Lipinski definition) is 2. The number of ether oxygens (including phenoxy) is 1. The maximum atomic E-state index is 11.9. The van der Waals surface area contributed by atoms with Crippen LogP contribution in [-0.4, -0.2) is 41.7 Å². The minimum atomic E-state index is -1.42. The minimum Gasteiger partial charge on any atom is -0.426 e. The van der Waals surface area contributed by atoms with Crippen molar-refractivity contribution in [2.75, 3.05) is 20.9 Å². The third kappa shape index (κ3) is 8.07. The molecule has 174 valence electrons. The monoisotopic (exact) mass is 476 g/mol. The number of rotatable bonds is 4. The van der Waals surface area contributed by atoms with Gasteiger partial charge in [-0.3, -0.25) is 23.0 Å². The molecule has 4 rings (SSSR count). The Labute approximate surface area is 187 Å². The molecule has 3 heterocycles. The van der Waals surface area contributed by atoms with Crippen LogP contribution in [0, 0.1) is 4.64 Å². The lowest BCUT2D eigenvalue weighted by molar-refractivity contribution is -0.0229. The first-order valence-corrected chi connectivity index (χ1v) is 11.3. The van der Waals surface area contributed by atoms with Crippen LogP contribution in [0.5, 0.6) is 5.75 Å². The van der Waals surface area contributed by atoms with E-state index in [1.54, 1.807) is 12.3 Å². The topological polar surface area (TPSA) is 94.9 Å². The van der Waals surface area contributed by atoms with Gasteiger partial charge >= 0.3 is 14.3 Å². The zero-order chi connectivity index (χ0) is 23.2. The van der Waals surface area contributed by atoms with Crippen LogP contribution >= 0.6 is 20.8 Å². The van der Waals surface area contributed by atoms with Gasteiger partial charge in [0.15, 0.2) is 0 Å². The van der Waals surface area contributed by atoms with Gasteiger partial charge < -0.3 is 14.4 Å². The molecule has 0 radical (unpaired) electrons. The normalized spacial score (nSPS) is 21.0. The van der Waals surface area contributed by atoms with Gasteiger partial charge in [-0.1, -0.05) is 44.3 Å². The first-order valence-electron chi connectivity index (χ1n) is 9.80. The summed E-state index contributed by atoms with van der Waals surface area (Å²) in [5.41, 5.74) is 0.752. The third-order valence-electron chi connectivity index (χ3n) is 4.08. The minimum absolute atomic E-state index is 0.105. The van der Waals surface area contributed by atoms with E-state index in [0.29, 0.717) is 25.0 Å². The van der Waals surface area contributed by atoms with E-state index in [9.17, 15) is 9.18 Å². The highest BCUT2D eigenvalue weighted by atomic mass is 32.1. The number of fused-ring (bicyclic) bond motifs is 1. The molecule has 2 aromatic rings. The number of nitrogens with one attached hydrogen (secondary N) is 1. The molecule has 3 atom stereocenters. The maximum Gasteiger partial charge on any atom is 0.397 e. The van der Waals surface area contributed by atoms with E-state index in [2.05, 4.69) is 4.98 Å². The van der Waals surface area contributed by atoms with Gasteiger partial charge in [0, 0.05) is 18.9 Å². The SMILES string of the molecule is CC.CF.CO.O=c1[nH]c(=S)ccn1C1CCC(COP2OCc3ccccc3O2)O1. The van der Waals surface area contributed by atoms with Crippen LogP contribution in [-0.2, 0) is 20.4 Å². The molecule has 11 heteroatoms. The number of alkyl halides is 1. The smallest absolute Gasteiger partial charge is 0.397 e. The number of aliphatic hydroxyl groups is 1. The van der Waals surface area contributed by atoms with Gasteiger partial charge in [0.1, 0.15) is 16.6 Å². The second kappa shape index (κ2) is 15.2. The van der Waals surface area contributed by atoms with Crippen molar-refractivity contribution in [2.45, 2.75) is 45.6 Å². The molecule has 0 amide bonds. The predicted molar refractivity (Wildman–Crippen MR) is 120 cm³/mol.